The molecule has 100 valence electrons. The Labute approximate surface area is 113 Å². The Morgan fingerprint density at radius 3 is 2.78 bits per heavy atom. The highest BCUT2D eigenvalue weighted by Gasteiger charge is 2.46. The van der Waals surface area contributed by atoms with Gasteiger partial charge in [-0.15, -0.1) is 11.3 Å². The molecule has 0 saturated carbocycles. The van der Waals surface area contributed by atoms with Crippen LogP contribution >= 0.6 is 11.3 Å². The number of hydrogen-bond donors (Lipinski definition) is 1. The maximum Gasteiger partial charge on any atom is 0.0596 e. The van der Waals surface area contributed by atoms with Crippen molar-refractivity contribution in [1.29, 1.82) is 0 Å². The predicted molar refractivity (Wildman–Crippen MR) is 75.3 cm³/mol. The number of piperazine rings is 1. The maximum atomic E-state index is 5.55. The molecule has 1 unspecified atom stereocenters. The molecule has 2 fully saturated rings. The molecule has 2 aliphatic rings. The zero-order valence-corrected chi connectivity index (χ0v) is 11.8. The van der Waals surface area contributed by atoms with Gasteiger partial charge in [-0.1, -0.05) is 13.0 Å². The Balaban J connectivity index is 1.68. The van der Waals surface area contributed by atoms with Gasteiger partial charge in [-0.05, 0) is 17.4 Å². The van der Waals surface area contributed by atoms with Crippen molar-refractivity contribution < 1.29 is 4.74 Å². The van der Waals surface area contributed by atoms with E-state index in [0.29, 0.717) is 11.3 Å². The van der Waals surface area contributed by atoms with Crippen molar-refractivity contribution in [2.24, 2.45) is 5.92 Å². The summed E-state index contributed by atoms with van der Waals surface area (Å²) < 4.78 is 5.55. The van der Waals surface area contributed by atoms with Gasteiger partial charge in [0.2, 0.25) is 0 Å². The Kier molecular flexibility index (Phi) is 3.71. The van der Waals surface area contributed by atoms with Gasteiger partial charge in [0.1, 0.15) is 0 Å². The molecule has 0 spiro atoms. The van der Waals surface area contributed by atoms with Crippen LogP contribution in [0, 0.1) is 5.92 Å². The van der Waals surface area contributed by atoms with Crippen molar-refractivity contribution >= 4 is 11.3 Å². The van der Waals surface area contributed by atoms with E-state index in [1.54, 1.807) is 0 Å². The quantitative estimate of drug-likeness (QED) is 0.895. The minimum absolute atomic E-state index is 0.291. The van der Waals surface area contributed by atoms with Gasteiger partial charge in [0, 0.05) is 37.6 Å². The van der Waals surface area contributed by atoms with Gasteiger partial charge in [-0.3, -0.25) is 0 Å². The summed E-state index contributed by atoms with van der Waals surface area (Å²) >= 11 is 1.89. The third-order valence-corrected chi connectivity index (χ3v) is 5.51. The second kappa shape index (κ2) is 5.29. The summed E-state index contributed by atoms with van der Waals surface area (Å²) in [6, 6.07) is 4.44. The first kappa shape index (κ1) is 12.6. The van der Waals surface area contributed by atoms with Crippen LogP contribution in [0.15, 0.2) is 17.5 Å². The summed E-state index contributed by atoms with van der Waals surface area (Å²) in [5.74, 6) is 0.669. The first-order chi connectivity index (χ1) is 8.81. The van der Waals surface area contributed by atoms with Gasteiger partial charge >= 0.3 is 0 Å². The molecule has 0 aliphatic carbocycles. The molecule has 3 nitrogen and oxygen atoms in total. The normalized spacial score (nSPS) is 25.6. The molecule has 0 bridgehead atoms. The molecule has 4 heteroatoms. The van der Waals surface area contributed by atoms with E-state index in [2.05, 4.69) is 34.7 Å². The van der Waals surface area contributed by atoms with E-state index in [0.717, 1.165) is 26.3 Å². The lowest BCUT2D eigenvalue weighted by Crippen LogP contribution is -2.55. The lowest BCUT2D eigenvalue weighted by atomic mass is 9.73. The van der Waals surface area contributed by atoms with Crippen molar-refractivity contribution in [3.8, 4) is 0 Å². The monoisotopic (exact) mass is 266 g/mol. The predicted octanol–water partition coefficient (Wildman–Crippen LogP) is 1.56. The number of ether oxygens (including phenoxy) is 1. The van der Waals surface area contributed by atoms with E-state index >= 15 is 0 Å². The van der Waals surface area contributed by atoms with Crippen LogP contribution in [0.4, 0.5) is 0 Å². The largest absolute Gasteiger partial charge is 0.379 e. The Morgan fingerprint density at radius 1 is 1.44 bits per heavy atom. The molecule has 1 N–H and O–H groups in total. The molecule has 2 aliphatic heterocycles. The Morgan fingerprint density at radius 2 is 2.22 bits per heavy atom. The summed E-state index contributed by atoms with van der Waals surface area (Å²) in [6.07, 6.45) is 0. The molecule has 3 rings (SSSR count). The van der Waals surface area contributed by atoms with Gasteiger partial charge in [0.25, 0.3) is 0 Å². The molecule has 1 aromatic rings. The molecule has 0 aromatic carbocycles. The van der Waals surface area contributed by atoms with Crippen molar-refractivity contribution in [1.82, 2.24) is 10.2 Å². The van der Waals surface area contributed by atoms with Crippen molar-refractivity contribution in [2.75, 3.05) is 45.9 Å². The Hall–Kier alpha value is -0.420. The molecular formula is C14H22N2OS. The van der Waals surface area contributed by atoms with Crippen LogP contribution in [-0.2, 0) is 10.2 Å². The average Bonchev–Trinajstić information content (AvgIpc) is 2.83. The first-order valence-corrected chi connectivity index (χ1v) is 7.74. The Bertz CT molecular complexity index is 369. The standard InChI is InChI=1S/C14H22N2OS/c1-12(9-16-6-4-15-5-7-16)14(10-17-11-14)13-3-2-8-18-13/h2-3,8,12,15H,4-7,9-11H2,1H3. The minimum Gasteiger partial charge on any atom is -0.379 e. The molecule has 3 heterocycles. The molecular weight excluding hydrogens is 244 g/mol. The number of hydrogen-bond acceptors (Lipinski definition) is 4. The smallest absolute Gasteiger partial charge is 0.0596 e. The highest BCUT2D eigenvalue weighted by atomic mass is 32.1. The number of nitrogens with zero attached hydrogens (tertiary/aromatic N) is 1. The van der Waals surface area contributed by atoms with E-state index in [1.165, 1.54) is 24.5 Å². The van der Waals surface area contributed by atoms with Gasteiger partial charge in [-0.2, -0.15) is 0 Å². The van der Waals surface area contributed by atoms with Crippen LogP contribution in [0.3, 0.4) is 0 Å². The molecule has 0 amide bonds. The summed E-state index contributed by atoms with van der Waals surface area (Å²) in [6.45, 7) is 10.0. The number of thiophene rings is 1. The topological polar surface area (TPSA) is 24.5 Å². The van der Waals surface area contributed by atoms with Crippen molar-refractivity contribution in [3.63, 3.8) is 0 Å². The van der Waals surface area contributed by atoms with Crippen LogP contribution in [0.1, 0.15) is 11.8 Å². The summed E-state index contributed by atoms with van der Waals surface area (Å²) in [5.41, 5.74) is 0.291. The third-order valence-electron chi connectivity index (χ3n) is 4.42. The lowest BCUT2D eigenvalue weighted by Gasteiger charge is -2.47. The molecule has 2 saturated heterocycles. The fraction of sp³-hybridized carbons (Fsp3) is 0.714. The summed E-state index contributed by atoms with van der Waals surface area (Å²) in [7, 11) is 0. The number of rotatable bonds is 4. The van der Waals surface area contributed by atoms with E-state index in [9.17, 15) is 0 Å². The molecule has 1 atom stereocenters. The fourth-order valence-corrected chi connectivity index (χ4v) is 4.02. The van der Waals surface area contributed by atoms with Crippen molar-refractivity contribution in [2.45, 2.75) is 12.3 Å². The maximum absolute atomic E-state index is 5.55. The lowest BCUT2D eigenvalue weighted by molar-refractivity contribution is -0.0907. The minimum atomic E-state index is 0.291. The third kappa shape index (κ3) is 2.23. The zero-order chi connectivity index (χ0) is 12.4. The van der Waals surface area contributed by atoms with Gasteiger partial charge in [0.15, 0.2) is 0 Å². The van der Waals surface area contributed by atoms with E-state index < -0.39 is 0 Å². The summed E-state index contributed by atoms with van der Waals surface area (Å²) in [5, 5.41) is 5.61. The van der Waals surface area contributed by atoms with E-state index in [4.69, 9.17) is 4.74 Å². The van der Waals surface area contributed by atoms with Gasteiger partial charge < -0.3 is 15.0 Å². The van der Waals surface area contributed by atoms with Crippen LogP contribution < -0.4 is 5.32 Å². The average molecular weight is 266 g/mol. The van der Waals surface area contributed by atoms with Gasteiger partial charge in [0.05, 0.1) is 18.6 Å². The molecule has 18 heavy (non-hydrogen) atoms. The molecule has 0 radical (unpaired) electrons. The van der Waals surface area contributed by atoms with Crippen LogP contribution in [0.25, 0.3) is 0 Å². The highest BCUT2D eigenvalue weighted by molar-refractivity contribution is 7.10. The van der Waals surface area contributed by atoms with E-state index in [-0.39, 0.29) is 0 Å². The zero-order valence-electron chi connectivity index (χ0n) is 11.0. The second-order valence-corrected chi connectivity index (χ2v) is 6.53. The van der Waals surface area contributed by atoms with E-state index in [1.807, 2.05) is 11.3 Å². The molecule has 1 aromatic heterocycles. The van der Waals surface area contributed by atoms with Crippen LogP contribution in [0.2, 0.25) is 0 Å². The summed E-state index contributed by atoms with van der Waals surface area (Å²) in [4.78, 5) is 4.10. The highest BCUT2D eigenvalue weighted by Crippen LogP contribution is 2.42. The second-order valence-electron chi connectivity index (χ2n) is 5.58. The number of nitrogens with one attached hydrogen (secondary N) is 1. The SMILES string of the molecule is CC(CN1CCNCC1)C1(c2cccs2)COC1. The van der Waals surface area contributed by atoms with Crippen molar-refractivity contribution in [3.05, 3.63) is 22.4 Å². The fourth-order valence-electron chi connectivity index (χ4n) is 3.01. The van der Waals surface area contributed by atoms with Crippen LogP contribution in [0.5, 0.6) is 0 Å². The first-order valence-electron chi connectivity index (χ1n) is 6.86. The van der Waals surface area contributed by atoms with Gasteiger partial charge in [-0.25, -0.2) is 0 Å². The van der Waals surface area contributed by atoms with Crippen LogP contribution in [-0.4, -0.2) is 50.8 Å².